The Morgan fingerprint density at radius 2 is 2.27 bits per heavy atom. The van der Waals surface area contributed by atoms with Crippen LogP contribution in [0.4, 0.5) is 0 Å². The molecule has 1 saturated heterocycles. The molecule has 1 aliphatic heterocycles. The molecule has 1 N–H and O–H groups in total. The van der Waals surface area contributed by atoms with E-state index < -0.39 is 0 Å². The second-order valence-electron chi connectivity index (χ2n) is 3.13. The number of rotatable bonds is 3. The maximum atomic E-state index is 3.39. The van der Waals surface area contributed by atoms with Crippen LogP contribution in [0, 0.1) is 6.54 Å². The SMILES string of the molecule is CCC[CH]N1CCCCCN1. The third kappa shape index (κ3) is 3.73. The summed E-state index contributed by atoms with van der Waals surface area (Å²) in [5, 5.41) is 2.26. The van der Waals surface area contributed by atoms with Gasteiger partial charge in [0.15, 0.2) is 0 Å². The summed E-state index contributed by atoms with van der Waals surface area (Å²) < 4.78 is 0. The molecule has 0 atom stereocenters. The molecule has 0 bridgehead atoms. The van der Waals surface area contributed by atoms with Crippen LogP contribution in [-0.2, 0) is 0 Å². The van der Waals surface area contributed by atoms with Crippen molar-refractivity contribution in [3.63, 3.8) is 0 Å². The van der Waals surface area contributed by atoms with E-state index in [1.165, 1.54) is 38.6 Å². The number of hydrogen-bond acceptors (Lipinski definition) is 2. The van der Waals surface area contributed by atoms with Gasteiger partial charge in [0.25, 0.3) is 0 Å². The average molecular weight is 155 g/mol. The summed E-state index contributed by atoms with van der Waals surface area (Å²) in [6, 6.07) is 0. The van der Waals surface area contributed by atoms with Gasteiger partial charge >= 0.3 is 0 Å². The van der Waals surface area contributed by atoms with Gasteiger partial charge in [0.05, 0.1) is 0 Å². The highest BCUT2D eigenvalue weighted by Crippen LogP contribution is 2.05. The van der Waals surface area contributed by atoms with E-state index in [0.29, 0.717) is 0 Å². The minimum Gasteiger partial charge on any atom is -0.255 e. The second kappa shape index (κ2) is 5.56. The fourth-order valence-electron chi connectivity index (χ4n) is 1.33. The molecule has 0 aromatic heterocycles. The van der Waals surface area contributed by atoms with Crippen molar-refractivity contribution in [2.75, 3.05) is 13.1 Å². The van der Waals surface area contributed by atoms with E-state index in [4.69, 9.17) is 0 Å². The van der Waals surface area contributed by atoms with Gasteiger partial charge in [-0.15, -0.1) is 0 Å². The van der Waals surface area contributed by atoms with Crippen LogP contribution in [0.15, 0.2) is 0 Å². The molecule has 0 unspecified atom stereocenters. The lowest BCUT2D eigenvalue weighted by atomic mass is 10.2. The van der Waals surface area contributed by atoms with Gasteiger partial charge in [-0.3, -0.25) is 5.43 Å². The first-order chi connectivity index (χ1) is 5.43. The minimum absolute atomic E-state index is 1.15. The zero-order valence-electron chi connectivity index (χ0n) is 7.47. The number of nitrogens with zero attached hydrogens (tertiary/aromatic N) is 1. The van der Waals surface area contributed by atoms with Crippen LogP contribution in [0.2, 0.25) is 0 Å². The minimum atomic E-state index is 1.15. The predicted octanol–water partition coefficient (Wildman–Crippen LogP) is 1.94. The van der Waals surface area contributed by atoms with E-state index in [9.17, 15) is 0 Å². The Balaban J connectivity index is 2.09. The molecule has 0 aromatic rings. The Kier molecular flexibility index (Phi) is 4.55. The second-order valence-corrected chi connectivity index (χ2v) is 3.13. The van der Waals surface area contributed by atoms with Crippen molar-refractivity contribution in [3.05, 3.63) is 6.54 Å². The molecule has 1 heterocycles. The zero-order valence-corrected chi connectivity index (χ0v) is 7.47. The molecule has 2 heteroatoms. The summed E-state index contributed by atoms with van der Waals surface area (Å²) in [5.74, 6) is 0. The van der Waals surface area contributed by atoms with Crippen molar-refractivity contribution in [1.29, 1.82) is 0 Å². The Hall–Kier alpha value is -0.0800. The fourth-order valence-corrected chi connectivity index (χ4v) is 1.33. The van der Waals surface area contributed by atoms with Crippen LogP contribution in [0.25, 0.3) is 0 Å². The van der Waals surface area contributed by atoms with Crippen molar-refractivity contribution < 1.29 is 0 Å². The highest BCUT2D eigenvalue weighted by molar-refractivity contribution is 4.67. The van der Waals surface area contributed by atoms with Gasteiger partial charge in [0, 0.05) is 19.6 Å². The molecule has 11 heavy (non-hydrogen) atoms. The summed E-state index contributed by atoms with van der Waals surface area (Å²) >= 11 is 0. The average Bonchev–Trinajstić information content (AvgIpc) is 2.28. The monoisotopic (exact) mass is 155 g/mol. The maximum Gasteiger partial charge on any atom is 0.0413 e. The zero-order chi connectivity index (χ0) is 7.94. The van der Waals surface area contributed by atoms with Gasteiger partial charge < -0.3 is 0 Å². The topological polar surface area (TPSA) is 15.3 Å². The smallest absolute Gasteiger partial charge is 0.0413 e. The molecule has 65 valence electrons. The number of unbranched alkanes of at least 4 members (excludes halogenated alkanes) is 1. The van der Waals surface area contributed by atoms with Gasteiger partial charge in [-0.25, -0.2) is 5.01 Å². The van der Waals surface area contributed by atoms with E-state index >= 15 is 0 Å². The summed E-state index contributed by atoms with van der Waals surface area (Å²) in [7, 11) is 0. The van der Waals surface area contributed by atoms with Gasteiger partial charge in [0.2, 0.25) is 0 Å². The summed E-state index contributed by atoms with van der Waals surface area (Å²) in [5.41, 5.74) is 3.39. The van der Waals surface area contributed by atoms with E-state index in [0.717, 1.165) is 6.54 Å². The Morgan fingerprint density at radius 1 is 1.36 bits per heavy atom. The van der Waals surface area contributed by atoms with Crippen LogP contribution in [-0.4, -0.2) is 18.1 Å². The van der Waals surface area contributed by atoms with Crippen molar-refractivity contribution in [2.24, 2.45) is 0 Å². The first-order valence-corrected chi connectivity index (χ1v) is 4.77. The van der Waals surface area contributed by atoms with Crippen LogP contribution < -0.4 is 5.43 Å². The van der Waals surface area contributed by atoms with Crippen LogP contribution >= 0.6 is 0 Å². The molecule has 0 spiro atoms. The number of hydrogen-bond donors (Lipinski definition) is 1. The Bertz CT molecular complexity index is 85.6. The standard InChI is InChI=1S/C9H19N2/c1-2-3-8-11-9-6-4-5-7-10-11/h8,10H,2-7,9H2,1H3. The lowest BCUT2D eigenvalue weighted by molar-refractivity contribution is 0.245. The van der Waals surface area contributed by atoms with E-state index in [1.54, 1.807) is 0 Å². The van der Waals surface area contributed by atoms with Crippen molar-refractivity contribution in [3.8, 4) is 0 Å². The summed E-state index contributed by atoms with van der Waals surface area (Å²) in [6.45, 7) is 6.85. The fraction of sp³-hybridized carbons (Fsp3) is 0.889. The molecular formula is C9H19N2. The first kappa shape index (κ1) is 9.01. The maximum absolute atomic E-state index is 3.39. The molecule has 1 radical (unpaired) electrons. The van der Waals surface area contributed by atoms with Crippen molar-refractivity contribution >= 4 is 0 Å². The molecule has 2 nitrogen and oxygen atoms in total. The summed E-state index contributed by atoms with van der Waals surface area (Å²) in [6.07, 6.45) is 6.50. The molecule has 0 aliphatic carbocycles. The Labute approximate surface area is 69.9 Å². The third-order valence-electron chi connectivity index (χ3n) is 2.03. The molecule has 1 aliphatic rings. The lowest BCUT2D eigenvalue weighted by Crippen LogP contribution is -2.35. The molecule has 0 amide bonds. The van der Waals surface area contributed by atoms with E-state index in [1.807, 2.05) is 0 Å². The van der Waals surface area contributed by atoms with Crippen LogP contribution in [0.3, 0.4) is 0 Å². The molecule has 0 aromatic carbocycles. The third-order valence-corrected chi connectivity index (χ3v) is 2.03. The van der Waals surface area contributed by atoms with Crippen molar-refractivity contribution in [2.45, 2.75) is 39.0 Å². The van der Waals surface area contributed by atoms with Gasteiger partial charge in [-0.2, -0.15) is 0 Å². The largest absolute Gasteiger partial charge is 0.255 e. The van der Waals surface area contributed by atoms with Crippen LogP contribution in [0.5, 0.6) is 0 Å². The molecule has 0 saturated carbocycles. The van der Waals surface area contributed by atoms with Crippen molar-refractivity contribution in [1.82, 2.24) is 10.4 Å². The molecule has 1 fully saturated rings. The Morgan fingerprint density at radius 3 is 3.09 bits per heavy atom. The van der Waals surface area contributed by atoms with E-state index in [-0.39, 0.29) is 0 Å². The number of hydrazine groups is 1. The van der Waals surface area contributed by atoms with Gasteiger partial charge in [-0.05, 0) is 19.3 Å². The summed E-state index contributed by atoms with van der Waals surface area (Å²) in [4.78, 5) is 0. The van der Waals surface area contributed by atoms with Crippen LogP contribution in [0.1, 0.15) is 39.0 Å². The first-order valence-electron chi connectivity index (χ1n) is 4.77. The lowest BCUT2D eigenvalue weighted by Gasteiger charge is -2.19. The van der Waals surface area contributed by atoms with Gasteiger partial charge in [-0.1, -0.05) is 19.8 Å². The number of nitrogens with one attached hydrogen (secondary N) is 1. The highest BCUT2D eigenvalue weighted by Gasteiger charge is 2.06. The van der Waals surface area contributed by atoms with Gasteiger partial charge in [0.1, 0.15) is 0 Å². The normalized spacial score (nSPS) is 21.5. The molecular weight excluding hydrogens is 136 g/mol. The molecule has 1 rings (SSSR count). The highest BCUT2D eigenvalue weighted by atomic mass is 15.5. The predicted molar refractivity (Wildman–Crippen MR) is 47.8 cm³/mol. The van der Waals surface area contributed by atoms with E-state index in [2.05, 4.69) is 23.9 Å². The quantitative estimate of drug-likeness (QED) is 0.670.